The molecule has 1 unspecified atom stereocenters. The number of carboxylic acid groups (broad SMARTS) is 1. The number of aliphatic carboxylic acids is 1. The molecule has 0 aliphatic rings. The molecule has 0 fully saturated rings. The van der Waals surface area contributed by atoms with Crippen molar-refractivity contribution in [2.75, 3.05) is 6.54 Å². The van der Waals surface area contributed by atoms with Crippen molar-refractivity contribution < 1.29 is 18.7 Å². The maximum atomic E-state index is 13.1. The Bertz CT molecular complexity index is 429. The van der Waals surface area contributed by atoms with Crippen LogP contribution in [0, 0.1) is 17.6 Å². The number of rotatable bonds is 6. The normalized spacial score (nSPS) is 14.4. The number of nitrogens with one attached hydrogen (secondary N) is 1. The van der Waals surface area contributed by atoms with Gasteiger partial charge in [0.15, 0.2) is 0 Å². The van der Waals surface area contributed by atoms with Crippen molar-refractivity contribution in [2.45, 2.75) is 32.7 Å². The first-order chi connectivity index (χ1) is 8.81. The molecule has 0 amide bonds. The lowest BCUT2D eigenvalue weighted by Crippen LogP contribution is -2.42. The van der Waals surface area contributed by atoms with E-state index in [1.165, 1.54) is 12.1 Å². The van der Waals surface area contributed by atoms with E-state index in [0.717, 1.165) is 6.07 Å². The minimum Gasteiger partial charge on any atom is -0.480 e. The lowest BCUT2D eigenvalue weighted by atomic mass is 9.99. The highest BCUT2D eigenvalue weighted by Crippen LogP contribution is 2.18. The van der Waals surface area contributed by atoms with Gasteiger partial charge >= 0.3 is 5.97 Å². The van der Waals surface area contributed by atoms with Crippen molar-refractivity contribution in [3.05, 3.63) is 35.4 Å². The van der Waals surface area contributed by atoms with Gasteiger partial charge in [0.05, 0.1) is 0 Å². The molecular weight excluding hydrogens is 252 g/mol. The minimum absolute atomic E-state index is 0.0612. The van der Waals surface area contributed by atoms with Gasteiger partial charge in [-0.25, -0.2) is 8.78 Å². The van der Waals surface area contributed by atoms with Gasteiger partial charge in [-0.3, -0.25) is 4.79 Å². The van der Waals surface area contributed by atoms with Crippen molar-refractivity contribution in [3.63, 3.8) is 0 Å². The van der Waals surface area contributed by atoms with Gasteiger partial charge in [-0.05, 0) is 29.5 Å². The smallest absolute Gasteiger partial charge is 0.320 e. The highest BCUT2D eigenvalue weighted by atomic mass is 19.1. The van der Waals surface area contributed by atoms with Crippen molar-refractivity contribution in [1.29, 1.82) is 0 Å². The molecule has 0 spiro atoms. The predicted molar refractivity (Wildman–Crippen MR) is 69.0 cm³/mol. The monoisotopic (exact) mass is 271 g/mol. The van der Waals surface area contributed by atoms with Crippen LogP contribution in [0.15, 0.2) is 18.2 Å². The Morgan fingerprint density at radius 2 is 1.74 bits per heavy atom. The number of hydrogen-bond acceptors (Lipinski definition) is 2. The van der Waals surface area contributed by atoms with Crippen LogP contribution in [0.2, 0.25) is 0 Å². The summed E-state index contributed by atoms with van der Waals surface area (Å²) in [6.45, 7) is 5.75. The molecular formula is C14H19F2NO2. The second-order valence-electron chi connectivity index (χ2n) is 5.07. The van der Waals surface area contributed by atoms with Crippen molar-refractivity contribution in [1.82, 2.24) is 5.32 Å². The van der Waals surface area contributed by atoms with E-state index < -0.39 is 23.6 Å². The van der Waals surface area contributed by atoms with E-state index in [-0.39, 0.29) is 11.8 Å². The van der Waals surface area contributed by atoms with Crippen molar-refractivity contribution in [3.8, 4) is 0 Å². The zero-order valence-electron chi connectivity index (χ0n) is 11.3. The molecule has 0 bridgehead atoms. The van der Waals surface area contributed by atoms with Crippen LogP contribution in [0.5, 0.6) is 0 Å². The third-order valence-corrected chi connectivity index (χ3v) is 3.03. The zero-order chi connectivity index (χ0) is 14.6. The molecule has 5 heteroatoms. The number of carbonyl (C=O) groups is 1. The average Bonchev–Trinajstić information content (AvgIpc) is 2.26. The third kappa shape index (κ3) is 4.59. The Hall–Kier alpha value is -1.49. The summed E-state index contributed by atoms with van der Waals surface area (Å²) in [6.07, 6.45) is 0. The van der Waals surface area contributed by atoms with E-state index in [4.69, 9.17) is 5.11 Å². The Kier molecular flexibility index (Phi) is 5.42. The first-order valence-electron chi connectivity index (χ1n) is 6.23. The molecule has 0 heterocycles. The number of carboxylic acids is 1. The fraction of sp³-hybridized carbons (Fsp3) is 0.500. The van der Waals surface area contributed by atoms with E-state index in [1.54, 1.807) is 20.8 Å². The SMILES string of the molecule is CC(CN[C@@H](C(=O)O)C(C)C)c1cc(F)cc(F)c1. The fourth-order valence-electron chi connectivity index (χ4n) is 1.89. The summed E-state index contributed by atoms with van der Waals surface area (Å²) in [6, 6.07) is 2.68. The summed E-state index contributed by atoms with van der Waals surface area (Å²) < 4.78 is 26.2. The quantitative estimate of drug-likeness (QED) is 0.836. The van der Waals surface area contributed by atoms with Crippen LogP contribution < -0.4 is 5.32 Å². The highest BCUT2D eigenvalue weighted by molar-refractivity contribution is 5.73. The molecule has 0 aromatic heterocycles. The van der Waals surface area contributed by atoms with Crippen LogP contribution in [0.1, 0.15) is 32.3 Å². The topological polar surface area (TPSA) is 49.3 Å². The lowest BCUT2D eigenvalue weighted by Gasteiger charge is -2.21. The Balaban J connectivity index is 2.69. The predicted octanol–water partition coefficient (Wildman–Crippen LogP) is 2.77. The zero-order valence-corrected chi connectivity index (χ0v) is 11.3. The summed E-state index contributed by atoms with van der Waals surface area (Å²) >= 11 is 0. The molecule has 0 aliphatic heterocycles. The first kappa shape index (κ1) is 15.6. The fourth-order valence-corrected chi connectivity index (χ4v) is 1.89. The summed E-state index contributed by atoms with van der Waals surface area (Å²) in [4.78, 5) is 11.0. The lowest BCUT2D eigenvalue weighted by molar-refractivity contribution is -0.140. The third-order valence-electron chi connectivity index (χ3n) is 3.03. The summed E-state index contributed by atoms with van der Waals surface area (Å²) in [5, 5.41) is 11.9. The molecule has 0 saturated carbocycles. The average molecular weight is 271 g/mol. The standard InChI is InChI=1S/C14H19F2NO2/c1-8(2)13(14(18)19)17-7-9(3)10-4-11(15)6-12(16)5-10/h4-6,8-9,13,17H,7H2,1-3H3,(H,18,19)/t9?,13-/m1/s1. The maximum absolute atomic E-state index is 13.1. The second kappa shape index (κ2) is 6.61. The molecule has 1 aromatic carbocycles. The molecule has 3 nitrogen and oxygen atoms in total. The molecule has 0 radical (unpaired) electrons. The molecule has 2 N–H and O–H groups in total. The molecule has 1 rings (SSSR count). The van der Waals surface area contributed by atoms with E-state index in [2.05, 4.69) is 5.32 Å². The van der Waals surface area contributed by atoms with Crippen LogP contribution in [0.25, 0.3) is 0 Å². The van der Waals surface area contributed by atoms with Gasteiger partial charge in [0.2, 0.25) is 0 Å². The number of hydrogen-bond donors (Lipinski definition) is 2. The largest absolute Gasteiger partial charge is 0.480 e. The van der Waals surface area contributed by atoms with E-state index >= 15 is 0 Å². The Morgan fingerprint density at radius 3 is 2.16 bits per heavy atom. The van der Waals surface area contributed by atoms with Crippen LogP contribution in [0.4, 0.5) is 8.78 Å². The van der Waals surface area contributed by atoms with Crippen LogP contribution in [-0.4, -0.2) is 23.7 Å². The van der Waals surface area contributed by atoms with E-state index in [1.807, 2.05) is 0 Å². The van der Waals surface area contributed by atoms with E-state index in [9.17, 15) is 13.6 Å². The van der Waals surface area contributed by atoms with Crippen molar-refractivity contribution >= 4 is 5.97 Å². The Labute approximate surface area is 111 Å². The van der Waals surface area contributed by atoms with Gasteiger partial charge in [0.1, 0.15) is 17.7 Å². The van der Waals surface area contributed by atoms with Crippen LogP contribution in [0.3, 0.4) is 0 Å². The second-order valence-corrected chi connectivity index (χ2v) is 5.07. The van der Waals surface area contributed by atoms with Crippen molar-refractivity contribution in [2.24, 2.45) is 5.92 Å². The highest BCUT2D eigenvalue weighted by Gasteiger charge is 2.21. The van der Waals surface area contributed by atoms with Gasteiger partial charge in [-0.1, -0.05) is 20.8 Å². The minimum atomic E-state index is -0.923. The maximum Gasteiger partial charge on any atom is 0.320 e. The molecule has 2 atom stereocenters. The van der Waals surface area contributed by atoms with Gasteiger partial charge in [-0.15, -0.1) is 0 Å². The Morgan fingerprint density at radius 1 is 1.21 bits per heavy atom. The molecule has 106 valence electrons. The first-order valence-corrected chi connectivity index (χ1v) is 6.23. The summed E-state index contributed by atoms with van der Waals surface area (Å²) in [7, 11) is 0. The van der Waals surface area contributed by atoms with Gasteiger partial charge < -0.3 is 10.4 Å². The van der Waals surface area contributed by atoms with Gasteiger partial charge in [0, 0.05) is 12.6 Å². The van der Waals surface area contributed by atoms with Crippen LogP contribution in [-0.2, 0) is 4.79 Å². The van der Waals surface area contributed by atoms with Crippen LogP contribution >= 0.6 is 0 Å². The molecule has 0 aliphatic carbocycles. The summed E-state index contributed by atoms with van der Waals surface area (Å²) in [5.41, 5.74) is 0.512. The number of benzene rings is 1. The molecule has 0 saturated heterocycles. The molecule has 19 heavy (non-hydrogen) atoms. The van der Waals surface area contributed by atoms with Gasteiger partial charge in [-0.2, -0.15) is 0 Å². The summed E-state index contributed by atoms with van der Waals surface area (Å²) in [5.74, 6) is -2.41. The number of halogens is 2. The molecule has 1 aromatic rings. The van der Waals surface area contributed by atoms with Gasteiger partial charge in [0.25, 0.3) is 0 Å². The van der Waals surface area contributed by atoms with E-state index in [0.29, 0.717) is 12.1 Å².